The van der Waals surface area contributed by atoms with Gasteiger partial charge in [0.05, 0.1) is 0 Å². The summed E-state index contributed by atoms with van der Waals surface area (Å²) in [6.45, 7) is 0.246. The molecule has 0 unspecified atom stereocenters. The van der Waals surface area contributed by atoms with E-state index in [1.807, 2.05) is 0 Å². The van der Waals surface area contributed by atoms with Crippen molar-refractivity contribution >= 4 is 0 Å². The molecule has 78 valence electrons. The molecule has 1 rings (SSSR count). The Morgan fingerprint density at radius 2 is 1.86 bits per heavy atom. The van der Waals surface area contributed by atoms with Gasteiger partial charge in [0.1, 0.15) is 0 Å². The lowest BCUT2D eigenvalue weighted by Crippen LogP contribution is -2.05. The van der Waals surface area contributed by atoms with Crippen molar-refractivity contribution < 1.29 is 18.3 Å². The van der Waals surface area contributed by atoms with Crippen LogP contribution >= 0.6 is 0 Å². The minimum Gasteiger partial charge on any atom is -0.505 e. The molecule has 5 heteroatoms. The molecule has 0 aliphatic carbocycles. The summed E-state index contributed by atoms with van der Waals surface area (Å²) in [6, 6.07) is 0.413. The van der Waals surface area contributed by atoms with E-state index in [4.69, 9.17) is 10.8 Å². The summed E-state index contributed by atoms with van der Waals surface area (Å²) >= 11 is 0. The highest BCUT2D eigenvalue weighted by molar-refractivity contribution is 5.32. The second-order valence-electron chi connectivity index (χ2n) is 2.88. The van der Waals surface area contributed by atoms with Crippen LogP contribution in [0.15, 0.2) is 6.07 Å². The molecule has 0 radical (unpaired) electrons. The van der Waals surface area contributed by atoms with Gasteiger partial charge in [-0.15, -0.1) is 0 Å². The van der Waals surface area contributed by atoms with Crippen molar-refractivity contribution in [2.75, 3.05) is 6.54 Å². The summed E-state index contributed by atoms with van der Waals surface area (Å²) < 4.78 is 38.8. The standard InChI is InChI=1S/C9H10F3NO/c10-6-4-7(14)9(12)5(8(6)11)2-1-3-13/h4,14H,1-3,13H2. The Morgan fingerprint density at radius 1 is 1.21 bits per heavy atom. The van der Waals surface area contributed by atoms with Gasteiger partial charge >= 0.3 is 0 Å². The Morgan fingerprint density at radius 3 is 2.43 bits per heavy atom. The minimum absolute atomic E-state index is 0.0283. The molecule has 0 aliphatic rings. The van der Waals surface area contributed by atoms with Gasteiger partial charge < -0.3 is 10.8 Å². The van der Waals surface area contributed by atoms with Crippen LogP contribution in [-0.4, -0.2) is 11.7 Å². The van der Waals surface area contributed by atoms with Crippen molar-refractivity contribution in [2.45, 2.75) is 12.8 Å². The van der Waals surface area contributed by atoms with Crippen LogP contribution in [0.4, 0.5) is 13.2 Å². The number of aromatic hydroxyl groups is 1. The molecule has 1 aromatic rings. The van der Waals surface area contributed by atoms with Gasteiger partial charge in [-0.1, -0.05) is 0 Å². The summed E-state index contributed by atoms with van der Waals surface area (Å²) in [4.78, 5) is 0. The third-order valence-electron chi connectivity index (χ3n) is 1.86. The number of phenolic OH excluding ortho intramolecular Hbond substituents is 1. The predicted octanol–water partition coefficient (Wildman–Crippen LogP) is 1.70. The van der Waals surface area contributed by atoms with Gasteiger partial charge in [0, 0.05) is 11.6 Å². The predicted molar refractivity (Wildman–Crippen MR) is 45.4 cm³/mol. The molecular formula is C9H10F3NO. The smallest absolute Gasteiger partial charge is 0.171 e. The van der Waals surface area contributed by atoms with Crippen LogP contribution in [0.1, 0.15) is 12.0 Å². The molecule has 0 saturated heterocycles. The van der Waals surface area contributed by atoms with Crippen LogP contribution in [0.3, 0.4) is 0 Å². The van der Waals surface area contributed by atoms with Gasteiger partial charge in [-0.3, -0.25) is 0 Å². The van der Waals surface area contributed by atoms with E-state index >= 15 is 0 Å². The highest BCUT2D eigenvalue weighted by Crippen LogP contribution is 2.25. The van der Waals surface area contributed by atoms with E-state index in [1.165, 1.54) is 0 Å². The largest absolute Gasteiger partial charge is 0.505 e. The van der Waals surface area contributed by atoms with Gasteiger partial charge in [0.15, 0.2) is 23.2 Å². The Hall–Kier alpha value is -1.23. The quantitative estimate of drug-likeness (QED) is 0.738. The maximum atomic E-state index is 13.1. The molecule has 0 aliphatic heterocycles. The number of benzene rings is 1. The van der Waals surface area contributed by atoms with Crippen LogP contribution in [0, 0.1) is 17.5 Å². The molecule has 2 nitrogen and oxygen atoms in total. The molecule has 0 bridgehead atoms. The first kappa shape index (κ1) is 10.8. The summed E-state index contributed by atoms with van der Waals surface area (Å²) in [5, 5.41) is 8.89. The number of hydrogen-bond donors (Lipinski definition) is 2. The fourth-order valence-electron chi connectivity index (χ4n) is 1.14. The van der Waals surface area contributed by atoms with E-state index in [9.17, 15) is 13.2 Å². The molecule has 0 amide bonds. The first-order chi connectivity index (χ1) is 6.57. The molecule has 0 aromatic heterocycles. The zero-order chi connectivity index (χ0) is 10.7. The summed E-state index contributed by atoms with van der Waals surface area (Å²) in [5.41, 5.74) is 4.70. The summed E-state index contributed by atoms with van der Waals surface area (Å²) in [7, 11) is 0. The summed E-state index contributed by atoms with van der Waals surface area (Å²) in [5.74, 6) is -4.50. The molecule has 1 aromatic carbocycles. The highest BCUT2D eigenvalue weighted by Gasteiger charge is 2.17. The van der Waals surface area contributed by atoms with Crippen molar-refractivity contribution in [3.8, 4) is 5.75 Å². The third kappa shape index (κ3) is 1.98. The molecule has 0 fully saturated rings. The van der Waals surface area contributed by atoms with Crippen LogP contribution in [0.25, 0.3) is 0 Å². The van der Waals surface area contributed by atoms with E-state index in [1.54, 1.807) is 0 Å². The summed E-state index contributed by atoms with van der Waals surface area (Å²) in [6.07, 6.45) is 0.302. The first-order valence-corrected chi connectivity index (χ1v) is 4.13. The van der Waals surface area contributed by atoms with Gasteiger partial charge in [0.2, 0.25) is 0 Å². The number of rotatable bonds is 3. The number of halogens is 3. The van der Waals surface area contributed by atoms with E-state index < -0.39 is 28.8 Å². The van der Waals surface area contributed by atoms with Gasteiger partial charge in [0.25, 0.3) is 0 Å². The van der Waals surface area contributed by atoms with E-state index in [0.29, 0.717) is 12.5 Å². The van der Waals surface area contributed by atoms with Crippen molar-refractivity contribution in [3.63, 3.8) is 0 Å². The fraction of sp³-hybridized carbons (Fsp3) is 0.333. The Labute approximate surface area is 79.2 Å². The molecule has 14 heavy (non-hydrogen) atoms. The Bertz CT molecular complexity index is 315. The number of phenols is 1. The van der Waals surface area contributed by atoms with Crippen molar-refractivity contribution in [2.24, 2.45) is 5.73 Å². The monoisotopic (exact) mass is 205 g/mol. The lowest BCUT2D eigenvalue weighted by atomic mass is 10.1. The van der Waals surface area contributed by atoms with Crippen molar-refractivity contribution in [1.29, 1.82) is 0 Å². The highest BCUT2D eigenvalue weighted by atomic mass is 19.2. The van der Waals surface area contributed by atoms with Crippen molar-refractivity contribution in [3.05, 3.63) is 29.1 Å². The molecular weight excluding hydrogens is 195 g/mol. The van der Waals surface area contributed by atoms with Gasteiger partial charge in [-0.25, -0.2) is 13.2 Å². The lowest BCUT2D eigenvalue weighted by Gasteiger charge is -2.06. The number of hydrogen-bond acceptors (Lipinski definition) is 2. The van der Waals surface area contributed by atoms with E-state index in [0.717, 1.165) is 0 Å². The maximum Gasteiger partial charge on any atom is 0.171 e. The molecule has 0 spiro atoms. The second-order valence-corrected chi connectivity index (χ2v) is 2.88. The topological polar surface area (TPSA) is 46.2 Å². The zero-order valence-corrected chi connectivity index (χ0v) is 7.36. The van der Waals surface area contributed by atoms with Crippen LogP contribution in [-0.2, 0) is 6.42 Å². The van der Waals surface area contributed by atoms with Gasteiger partial charge in [-0.05, 0) is 19.4 Å². The maximum absolute atomic E-state index is 13.1. The zero-order valence-electron chi connectivity index (χ0n) is 7.36. The third-order valence-corrected chi connectivity index (χ3v) is 1.86. The fourth-order valence-corrected chi connectivity index (χ4v) is 1.14. The Balaban J connectivity index is 3.11. The van der Waals surface area contributed by atoms with Crippen LogP contribution in [0.5, 0.6) is 5.75 Å². The number of nitrogens with two attached hydrogens (primary N) is 1. The SMILES string of the molecule is NCCCc1c(F)c(O)cc(F)c1F. The molecule has 0 saturated carbocycles. The van der Waals surface area contributed by atoms with Gasteiger partial charge in [-0.2, -0.15) is 0 Å². The molecule has 0 atom stereocenters. The lowest BCUT2D eigenvalue weighted by molar-refractivity contribution is 0.404. The average Bonchev–Trinajstić information content (AvgIpc) is 2.15. The second kappa shape index (κ2) is 4.32. The minimum atomic E-state index is -1.26. The average molecular weight is 205 g/mol. The van der Waals surface area contributed by atoms with Crippen LogP contribution in [0.2, 0.25) is 0 Å². The van der Waals surface area contributed by atoms with E-state index in [-0.39, 0.29) is 13.0 Å². The Kier molecular flexibility index (Phi) is 3.35. The molecule has 0 heterocycles. The normalized spacial score (nSPS) is 10.6. The molecule has 3 N–H and O–H groups in total. The van der Waals surface area contributed by atoms with Crippen molar-refractivity contribution in [1.82, 2.24) is 0 Å². The first-order valence-electron chi connectivity index (χ1n) is 4.13. The van der Waals surface area contributed by atoms with E-state index in [2.05, 4.69) is 0 Å². The van der Waals surface area contributed by atoms with Crippen LogP contribution < -0.4 is 5.73 Å².